The van der Waals surface area contributed by atoms with Crippen molar-refractivity contribution in [3.63, 3.8) is 0 Å². The molecule has 134 valence electrons. The van der Waals surface area contributed by atoms with Crippen LogP contribution in [0.25, 0.3) is 0 Å². The molecule has 2 N–H and O–H groups in total. The van der Waals surface area contributed by atoms with Gasteiger partial charge in [0, 0.05) is 37.3 Å². The molecule has 0 fully saturated rings. The Morgan fingerprint density at radius 3 is 1.67 bits per heavy atom. The normalized spacial score (nSPS) is 10.9. The number of amides is 2. The number of hydrogen-bond donors (Lipinski definition) is 2. The van der Waals surface area contributed by atoms with Crippen LogP contribution in [0.2, 0.25) is 0 Å². The highest BCUT2D eigenvalue weighted by Gasteiger charge is 2.10. The van der Waals surface area contributed by atoms with Gasteiger partial charge in [-0.15, -0.1) is 0 Å². The Hall–Kier alpha value is -1.92. The summed E-state index contributed by atoms with van der Waals surface area (Å²) in [4.78, 5) is 28.6. The fraction of sp³-hybridized carbons (Fsp3) is 0.556. The van der Waals surface area contributed by atoms with Crippen LogP contribution in [0, 0.1) is 0 Å². The Morgan fingerprint density at radius 2 is 1.29 bits per heavy atom. The van der Waals surface area contributed by atoms with Gasteiger partial charge in [-0.2, -0.15) is 0 Å². The minimum atomic E-state index is -0.153. The van der Waals surface area contributed by atoms with Crippen molar-refractivity contribution in [1.29, 1.82) is 0 Å². The van der Waals surface area contributed by atoms with Gasteiger partial charge in [-0.1, -0.05) is 19.9 Å². The van der Waals surface area contributed by atoms with Crippen LogP contribution in [0.15, 0.2) is 24.3 Å². The molecule has 2 amide bonds. The summed E-state index contributed by atoms with van der Waals surface area (Å²) in [5.41, 5.74) is 1.01. The van der Waals surface area contributed by atoms with E-state index in [0.29, 0.717) is 24.2 Å². The third-order valence-corrected chi connectivity index (χ3v) is 4.02. The van der Waals surface area contributed by atoms with Gasteiger partial charge in [0.25, 0.3) is 11.8 Å². The molecule has 1 aromatic rings. The van der Waals surface area contributed by atoms with E-state index in [1.807, 2.05) is 14.1 Å². The summed E-state index contributed by atoms with van der Waals surface area (Å²) in [6.07, 6.45) is 0. The first kappa shape index (κ1) is 20.1. The minimum Gasteiger partial charge on any atom is -0.351 e. The minimum absolute atomic E-state index is 0.153. The number of hydrogen-bond acceptors (Lipinski definition) is 4. The van der Waals surface area contributed by atoms with Gasteiger partial charge in [-0.3, -0.25) is 9.59 Å². The number of carbonyl (C=O) groups excluding carboxylic acids is 2. The monoisotopic (exact) mass is 334 g/mol. The summed E-state index contributed by atoms with van der Waals surface area (Å²) in [7, 11) is 4.01. The zero-order chi connectivity index (χ0) is 17.9. The second-order valence-electron chi connectivity index (χ2n) is 5.88. The summed E-state index contributed by atoms with van der Waals surface area (Å²) in [6, 6.07) is 6.82. The first-order valence-corrected chi connectivity index (χ1v) is 8.51. The van der Waals surface area contributed by atoms with Crippen LogP contribution in [0.3, 0.4) is 0 Å². The van der Waals surface area contributed by atoms with Gasteiger partial charge in [0.05, 0.1) is 0 Å². The van der Waals surface area contributed by atoms with Crippen molar-refractivity contribution in [2.24, 2.45) is 0 Å². The number of carbonyl (C=O) groups is 2. The van der Waals surface area contributed by atoms with Gasteiger partial charge in [0.1, 0.15) is 0 Å². The van der Waals surface area contributed by atoms with Gasteiger partial charge < -0.3 is 20.4 Å². The van der Waals surface area contributed by atoms with Gasteiger partial charge in [0.2, 0.25) is 0 Å². The van der Waals surface area contributed by atoms with E-state index in [2.05, 4.69) is 34.3 Å². The van der Waals surface area contributed by atoms with E-state index < -0.39 is 0 Å². The first-order valence-electron chi connectivity index (χ1n) is 8.51. The topological polar surface area (TPSA) is 64.7 Å². The van der Waals surface area contributed by atoms with Crippen molar-refractivity contribution in [3.8, 4) is 0 Å². The highest BCUT2D eigenvalue weighted by atomic mass is 16.2. The summed E-state index contributed by atoms with van der Waals surface area (Å²) in [5, 5.41) is 5.75. The Kier molecular flexibility index (Phi) is 9.04. The summed E-state index contributed by atoms with van der Waals surface area (Å²) >= 11 is 0. The maximum absolute atomic E-state index is 12.2. The highest BCUT2D eigenvalue weighted by molar-refractivity contribution is 5.99. The quantitative estimate of drug-likeness (QED) is 0.671. The van der Waals surface area contributed by atoms with Crippen LogP contribution in [-0.4, -0.2) is 75.0 Å². The second kappa shape index (κ2) is 10.8. The lowest BCUT2D eigenvalue weighted by Gasteiger charge is -2.15. The molecular formula is C18H30N4O2. The molecule has 0 spiro atoms. The van der Waals surface area contributed by atoms with Crippen molar-refractivity contribution >= 4 is 11.8 Å². The predicted octanol–water partition coefficient (Wildman–Crippen LogP) is 1.05. The zero-order valence-electron chi connectivity index (χ0n) is 15.3. The molecule has 0 aliphatic rings. The van der Waals surface area contributed by atoms with Crippen molar-refractivity contribution in [2.75, 3.05) is 53.4 Å². The zero-order valence-corrected chi connectivity index (χ0v) is 15.3. The molecule has 0 heterocycles. The van der Waals surface area contributed by atoms with Crippen LogP contribution >= 0.6 is 0 Å². The fourth-order valence-corrected chi connectivity index (χ4v) is 2.04. The van der Waals surface area contributed by atoms with Crippen LogP contribution in [0.4, 0.5) is 0 Å². The number of nitrogens with zero attached hydrogens (tertiary/aromatic N) is 2. The molecule has 24 heavy (non-hydrogen) atoms. The number of likely N-dealkylation sites (N-methyl/N-ethyl adjacent to an activating group) is 2. The molecule has 0 aromatic heterocycles. The van der Waals surface area contributed by atoms with Crippen LogP contribution < -0.4 is 10.6 Å². The molecule has 1 rings (SSSR count). The van der Waals surface area contributed by atoms with E-state index in [4.69, 9.17) is 0 Å². The van der Waals surface area contributed by atoms with Crippen LogP contribution in [0.5, 0.6) is 0 Å². The lowest BCUT2D eigenvalue weighted by atomic mass is 10.1. The summed E-state index contributed by atoms with van der Waals surface area (Å²) in [5.74, 6) is -0.306. The summed E-state index contributed by atoms with van der Waals surface area (Å²) < 4.78 is 0. The molecule has 0 saturated heterocycles. The van der Waals surface area contributed by atoms with Crippen molar-refractivity contribution < 1.29 is 9.59 Å². The van der Waals surface area contributed by atoms with E-state index >= 15 is 0 Å². The fourth-order valence-electron chi connectivity index (χ4n) is 2.04. The van der Waals surface area contributed by atoms with E-state index in [9.17, 15) is 9.59 Å². The maximum Gasteiger partial charge on any atom is 0.251 e. The van der Waals surface area contributed by atoms with Gasteiger partial charge in [0.15, 0.2) is 0 Å². The average Bonchev–Trinajstić information content (AvgIpc) is 2.61. The van der Waals surface area contributed by atoms with Crippen molar-refractivity contribution in [3.05, 3.63) is 35.4 Å². The molecule has 0 unspecified atom stereocenters. The Morgan fingerprint density at radius 1 is 0.875 bits per heavy atom. The Labute approximate surface area is 145 Å². The third-order valence-electron chi connectivity index (χ3n) is 4.02. The SMILES string of the molecule is CCN(C)CCNC(=O)c1cccc(C(=O)NCCN(C)CC)c1. The first-order chi connectivity index (χ1) is 11.5. The van der Waals surface area contributed by atoms with Gasteiger partial charge >= 0.3 is 0 Å². The molecule has 6 nitrogen and oxygen atoms in total. The van der Waals surface area contributed by atoms with Crippen molar-refractivity contribution in [2.45, 2.75) is 13.8 Å². The molecule has 1 aromatic carbocycles. The van der Waals surface area contributed by atoms with Gasteiger partial charge in [-0.05, 0) is 45.4 Å². The average molecular weight is 334 g/mol. The predicted molar refractivity (Wildman–Crippen MR) is 97.5 cm³/mol. The highest BCUT2D eigenvalue weighted by Crippen LogP contribution is 2.05. The van der Waals surface area contributed by atoms with Gasteiger partial charge in [-0.25, -0.2) is 0 Å². The number of nitrogens with one attached hydrogen (secondary N) is 2. The standard InChI is InChI=1S/C18H30N4O2/c1-5-21(3)12-10-19-17(23)15-8-7-9-16(14-15)18(24)20-11-13-22(4)6-2/h7-9,14H,5-6,10-13H2,1-4H3,(H,19,23)(H,20,24). The van der Waals surface area contributed by atoms with E-state index in [-0.39, 0.29) is 11.8 Å². The van der Waals surface area contributed by atoms with E-state index in [1.165, 1.54) is 0 Å². The van der Waals surface area contributed by atoms with Crippen LogP contribution in [-0.2, 0) is 0 Å². The molecule has 0 saturated carbocycles. The maximum atomic E-state index is 12.2. The molecular weight excluding hydrogens is 304 g/mol. The lowest BCUT2D eigenvalue weighted by Crippen LogP contribution is -2.34. The van der Waals surface area contributed by atoms with Crippen molar-refractivity contribution in [1.82, 2.24) is 20.4 Å². The van der Waals surface area contributed by atoms with E-state index in [1.54, 1.807) is 24.3 Å². The Bertz CT molecular complexity index is 490. The molecule has 6 heteroatoms. The number of rotatable bonds is 10. The lowest BCUT2D eigenvalue weighted by molar-refractivity contribution is 0.0949. The summed E-state index contributed by atoms with van der Waals surface area (Å²) in [6.45, 7) is 8.80. The molecule has 0 bridgehead atoms. The second-order valence-corrected chi connectivity index (χ2v) is 5.88. The third kappa shape index (κ3) is 7.10. The Balaban J connectivity index is 2.52. The van der Waals surface area contributed by atoms with E-state index in [0.717, 1.165) is 26.2 Å². The molecule has 0 radical (unpaired) electrons. The number of benzene rings is 1. The molecule has 0 atom stereocenters. The smallest absolute Gasteiger partial charge is 0.251 e. The molecule has 0 aliphatic carbocycles. The molecule has 0 aliphatic heterocycles. The largest absolute Gasteiger partial charge is 0.351 e. The van der Waals surface area contributed by atoms with Crippen LogP contribution in [0.1, 0.15) is 34.6 Å².